The first-order valence-electron chi connectivity index (χ1n) is 7.00. The lowest BCUT2D eigenvalue weighted by atomic mass is 9.91. The van der Waals surface area contributed by atoms with Gasteiger partial charge in [0.25, 0.3) is 0 Å². The van der Waals surface area contributed by atoms with Gasteiger partial charge in [-0.05, 0) is 11.8 Å². The van der Waals surface area contributed by atoms with Gasteiger partial charge in [0.05, 0.1) is 5.88 Å². The van der Waals surface area contributed by atoms with Crippen LogP contribution in [0, 0.1) is 5.41 Å². The van der Waals surface area contributed by atoms with E-state index < -0.39 is 0 Å². The van der Waals surface area contributed by atoms with Crippen LogP contribution in [0.25, 0.3) is 0 Å². The monoisotopic (exact) mass is 286 g/mol. The highest BCUT2D eigenvalue weighted by atomic mass is 32.2. The Kier molecular flexibility index (Phi) is 6.17. The third-order valence-electron chi connectivity index (χ3n) is 3.02. The van der Waals surface area contributed by atoms with Crippen LogP contribution in [0.2, 0.25) is 0 Å². The minimum Gasteiger partial charge on any atom is -0.354 e. The number of rotatable bonds is 5. The van der Waals surface area contributed by atoms with Gasteiger partial charge in [0, 0.05) is 18.7 Å². The number of carbonyl (C=O) groups excluding carboxylic acids is 2. The number of unbranched alkanes of at least 4 members (excludes halogenated alkanes) is 1. The molecule has 0 aromatic rings. The Hall–Kier alpha value is -0.710. The summed E-state index contributed by atoms with van der Waals surface area (Å²) >= 11 is 1.66. The molecule has 0 radical (unpaired) electrons. The standard InChI is InChI=1S/C14H26N2O2S/c1-5-6-7-15-13(18)11-9-19-10-16(11)12(17)8-14(2,3)4/h11H,5-10H2,1-4H3,(H,15,18). The van der Waals surface area contributed by atoms with Gasteiger partial charge in [0.1, 0.15) is 6.04 Å². The zero-order valence-corrected chi connectivity index (χ0v) is 13.3. The lowest BCUT2D eigenvalue weighted by Crippen LogP contribution is -2.48. The summed E-state index contributed by atoms with van der Waals surface area (Å²) in [6, 6.07) is -0.281. The SMILES string of the molecule is CCCCNC(=O)C1CSCN1C(=O)CC(C)(C)C. The minimum absolute atomic E-state index is 0.000657. The van der Waals surface area contributed by atoms with Gasteiger partial charge in [-0.1, -0.05) is 34.1 Å². The molecule has 0 bridgehead atoms. The van der Waals surface area contributed by atoms with Crippen molar-refractivity contribution in [3.8, 4) is 0 Å². The molecule has 1 aliphatic rings. The maximum absolute atomic E-state index is 12.2. The van der Waals surface area contributed by atoms with Gasteiger partial charge in [-0.2, -0.15) is 0 Å². The van der Waals surface area contributed by atoms with Crippen LogP contribution in [0.4, 0.5) is 0 Å². The van der Waals surface area contributed by atoms with Crippen LogP contribution >= 0.6 is 11.8 Å². The first kappa shape index (κ1) is 16.3. The van der Waals surface area contributed by atoms with E-state index in [0.29, 0.717) is 24.6 Å². The highest BCUT2D eigenvalue weighted by Crippen LogP contribution is 2.26. The molecule has 110 valence electrons. The van der Waals surface area contributed by atoms with Crippen LogP contribution in [0.5, 0.6) is 0 Å². The molecule has 1 heterocycles. The van der Waals surface area contributed by atoms with Crippen LogP contribution in [-0.2, 0) is 9.59 Å². The molecule has 1 aliphatic heterocycles. The first-order valence-corrected chi connectivity index (χ1v) is 8.15. The maximum atomic E-state index is 12.2. The summed E-state index contributed by atoms with van der Waals surface area (Å²) in [5.74, 6) is 1.45. The van der Waals surface area contributed by atoms with Crippen LogP contribution < -0.4 is 5.32 Å². The first-order chi connectivity index (χ1) is 8.85. The van der Waals surface area contributed by atoms with Crippen molar-refractivity contribution in [3.05, 3.63) is 0 Å². The van der Waals surface area contributed by atoms with E-state index in [-0.39, 0.29) is 23.3 Å². The summed E-state index contributed by atoms with van der Waals surface area (Å²) in [6.07, 6.45) is 2.54. The zero-order valence-electron chi connectivity index (χ0n) is 12.5. The minimum atomic E-state index is -0.281. The van der Waals surface area contributed by atoms with Gasteiger partial charge in [-0.15, -0.1) is 11.8 Å². The second-order valence-corrected chi connectivity index (χ2v) is 7.26. The number of amides is 2. The van der Waals surface area contributed by atoms with E-state index in [4.69, 9.17) is 0 Å². The smallest absolute Gasteiger partial charge is 0.243 e. The van der Waals surface area contributed by atoms with Crippen molar-refractivity contribution in [2.45, 2.75) is 53.0 Å². The molecule has 5 heteroatoms. The van der Waals surface area contributed by atoms with E-state index in [0.717, 1.165) is 12.8 Å². The van der Waals surface area contributed by atoms with Crippen molar-refractivity contribution in [1.82, 2.24) is 10.2 Å². The van der Waals surface area contributed by atoms with E-state index in [1.54, 1.807) is 16.7 Å². The lowest BCUT2D eigenvalue weighted by molar-refractivity contribution is -0.139. The van der Waals surface area contributed by atoms with Crippen molar-refractivity contribution in [3.63, 3.8) is 0 Å². The molecule has 1 fully saturated rings. The third kappa shape index (κ3) is 5.43. The van der Waals surface area contributed by atoms with Crippen molar-refractivity contribution in [2.24, 2.45) is 5.41 Å². The Bertz CT molecular complexity index is 326. The molecular weight excluding hydrogens is 260 g/mol. The second-order valence-electron chi connectivity index (χ2n) is 6.26. The molecule has 19 heavy (non-hydrogen) atoms. The van der Waals surface area contributed by atoms with Crippen LogP contribution in [-0.4, -0.2) is 40.9 Å². The van der Waals surface area contributed by atoms with Gasteiger partial charge >= 0.3 is 0 Å². The Balaban J connectivity index is 2.53. The van der Waals surface area contributed by atoms with Crippen molar-refractivity contribution in [1.29, 1.82) is 0 Å². The van der Waals surface area contributed by atoms with Gasteiger partial charge in [0.2, 0.25) is 11.8 Å². The summed E-state index contributed by atoms with van der Waals surface area (Å²) in [6.45, 7) is 8.94. The van der Waals surface area contributed by atoms with E-state index in [1.165, 1.54) is 0 Å². The van der Waals surface area contributed by atoms with E-state index in [2.05, 4.69) is 12.2 Å². The highest BCUT2D eigenvalue weighted by molar-refractivity contribution is 7.99. The average Bonchev–Trinajstić information content (AvgIpc) is 2.75. The average molecular weight is 286 g/mol. The second kappa shape index (κ2) is 7.17. The fraction of sp³-hybridized carbons (Fsp3) is 0.857. The summed E-state index contributed by atoms with van der Waals surface area (Å²) < 4.78 is 0. The summed E-state index contributed by atoms with van der Waals surface area (Å²) in [7, 11) is 0. The van der Waals surface area contributed by atoms with Crippen molar-refractivity contribution >= 4 is 23.6 Å². The molecule has 2 amide bonds. The molecule has 1 rings (SSSR count). The van der Waals surface area contributed by atoms with Crippen molar-refractivity contribution < 1.29 is 9.59 Å². The van der Waals surface area contributed by atoms with E-state index >= 15 is 0 Å². The molecule has 1 saturated heterocycles. The molecule has 0 aromatic heterocycles. The van der Waals surface area contributed by atoms with Gasteiger partial charge in [0.15, 0.2) is 0 Å². The van der Waals surface area contributed by atoms with Gasteiger partial charge in [-0.25, -0.2) is 0 Å². The molecule has 0 aliphatic carbocycles. The van der Waals surface area contributed by atoms with Gasteiger partial charge < -0.3 is 10.2 Å². The van der Waals surface area contributed by atoms with E-state index in [1.807, 2.05) is 20.8 Å². The Morgan fingerprint density at radius 3 is 2.63 bits per heavy atom. The number of carbonyl (C=O) groups is 2. The molecule has 0 saturated carbocycles. The molecule has 1 atom stereocenters. The number of thioether (sulfide) groups is 1. The predicted molar refractivity (Wildman–Crippen MR) is 79.9 cm³/mol. The summed E-state index contributed by atoms with van der Waals surface area (Å²) in [5, 5.41) is 2.93. The largest absolute Gasteiger partial charge is 0.354 e. The molecular formula is C14H26N2O2S. The molecule has 1 N–H and O–H groups in total. The molecule has 0 spiro atoms. The predicted octanol–water partition coefficient (Wildman–Crippen LogP) is 2.24. The fourth-order valence-electron chi connectivity index (χ4n) is 1.97. The number of nitrogens with zero attached hydrogens (tertiary/aromatic N) is 1. The highest BCUT2D eigenvalue weighted by Gasteiger charge is 2.35. The molecule has 4 nitrogen and oxygen atoms in total. The lowest BCUT2D eigenvalue weighted by Gasteiger charge is -2.26. The number of hydrogen-bond acceptors (Lipinski definition) is 3. The molecule has 1 unspecified atom stereocenters. The van der Waals surface area contributed by atoms with Gasteiger partial charge in [-0.3, -0.25) is 9.59 Å². The van der Waals surface area contributed by atoms with Crippen molar-refractivity contribution in [2.75, 3.05) is 18.2 Å². The fourth-order valence-corrected chi connectivity index (χ4v) is 3.15. The Morgan fingerprint density at radius 2 is 2.05 bits per heavy atom. The van der Waals surface area contributed by atoms with Crippen LogP contribution in [0.3, 0.4) is 0 Å². The quantitative estimate of drug-likeness (QED) is 0.789. The topological polar surface area (TPSA) is 49.4 Å². The van der Waals surface area contributed by atoms with E-state index in [9.17, 15) is 9.59 Å². The molecule has 0 aromatic carbocycles. The third-order valence-corrected chi connectivity index (χ3v) is 4.03. The maximum Gasteiger partial charge on any atom is 0.243 e. The zero-order chi connectivity index (χ0) is 14.5. The summed E-state index contributed by atoms with van der Waals surface area (Å²) in [4.78, 5) is 26.1. The number of hydrogen-bond donors (Lipinski definition) is 1. The summed E-state index contributed by atoms with van der Waals surface area (Å²) in [5.41, 5.74) is -0.0342. The Labute approximate surface area is 120 Å². The van der Waals surface area contributed by atoms with Crippen LogP contribution in [0.15, 0.2) is 0 Å². The van der Waals surface area contributed by atoms with Crippen LogP contribution in [0.1, 0.15) is 47.0 Å². The normalized spacial score (nSPS) is 19.6. The number of nitrogens with one attached hydrogen (secondary N) is 1. The Morgan fingerprint density at radius 1 is 1.37 bits per heavy atom.